The predicted molar refractivity (Wildman–Crippen MR) is 74.8 cm³/mol. The van der Waals surface area contributed by atoms with E-state index in [0.717, 1.165) is 35.9 Å². The number of nitrogens with one attached hydrogen (secondary N) is 1. The molecule has 0 saturated heterocycles. The van der Waals surface area contributed by atoms with Crippen molar-refractivity contribution in [2.45, 2.75) is 32.1 Å². The van der Waals surface area contributed by atoms with Gasteiger partial charge in [-0.05, 0) is 43.9 Å². The van der Waals surface area contributed by atoms with Gasteiger partial charge in [-0.2, -0.15) is 0 Å². The number of nitrogens with zero attached hydrogens (tertiary/aromatic N) is 1. The molecule has 0 unspecified atom stereocenters. The quantitative estimate of drug-likeness (QED) is 0.653. The van der Waals surface area contributed by atoms with Crippen LogP contribution in [0.1, 0.15) is 32.1 Å². The molecule has 0 heterocycles. The van der Waals surface area contributed by atoms with Gasteiger partial charge in [0.2, 0.25) is 0 Å². The fraction of sp³-hybridized carbons (Fsp3) is 0.385. The molecular formula is C13H15BrN2O2. The number of hydrogen-bond acceptors (Lipinski definition) is 3. The summed E-state index contributed by atoms with van der Waals surface area (Å²) in [5, 5.41) is 6.52. The highest BCUT2D eigenvalue weighted by Crippen LogP contribution is 2.17. The summed E-state index contributed by atoms with van der Waals surface area (Å²) in [6.45, 7) is 0. The van der Waals surface area contributed by atoms with E-state index in [1.54, 1.807) is 12.1 Å². The highest BCUT2D eigenvalue weighted by Gasteiger charge is 2.09. The second-order valence-electron chi connectivity index (χ2n) is 4.23. The zero-order chi connectivity index (χ0) is 12.8. The molecule has 1 aromatic carbocycles. The molecule has 5 heteroatoms. The van der Waals surface area contributed by atoms with Crippen LogP contribution in [0.15, 0.2) is 33.9 Å². The van der Waals surface area contributed by atoms with E-state index in [1.807, 2.05) is 12.1 Å². The maximum Gasteiger partial charge on any atom is 0.437 e. The fourth-order valence-electron chi connectivity index (χ4n) is 1.86. The third-order valence-corrected chi connectivity index (χ3v) is 3.25. The molecule has 1 aromatic rings. The summed E-state index contributed by atoms with van der Waals surface area (Å²) in [7, 11) is 0. The van der Waals surface area contributed by atoms with Crippen LogP contribution in [-0.2, 0) is 4.84 Å². The van der Waals surface area contributed by atoms with E-state index in [1.165, 1.54) is 6.42 Å². The molecule has 1 aliphatic carbocycles. The molecule has 2 rings (SSSR count). The lowest BCUT2D eigenvalue weighted by Gasteiger charge is -2.11. The number of benzene rings is 1. The van der Waals surface area contributed by atoms with E-state index in [-0.39, 0.29) is 0 Å². The summed E-state index contributed by atoms with van der Waals surface area (Å²) in [6.07, 6.45) is 4.83. The average Bonchev–Trinajstić information content (AvgIpc) is 2.38. The van der Waals surface area contributed by atoms with Crippen LogP contribution in [0.2, 0.25) is 0 Å². The van der Waals surface area contributed by atoms with Gasteiger partial charge in [0.15, 0.2) is 0 Å². The van der Waals surface area contributed by atoms with Crippen LogP contribution in [0.25, 0.3) is 0 Å². The van der Waals surface area contributed by atoms with E-state index in [9.17, 15) is 4.79 Å². The predicted octanol–water partition coefficient (Wildman–Crippen LogP) is 4.32. The Morgan fingerprint density at radius 1 is 1.28 bits per heavy atom. The molecular weight excluding hydrogens is 296 g/mol. The van der Waals surface area contributed by atoms with E-state index in [0.29, 0.717) is 5.69 Å². The van der Waals surface area contributed by atoms with Gasteiger partial charge in [0.05, 0.1) is 5.71 Å². The van der Waals surface area contributed by atoms with Crippen LogP contribution < -0.4 is 5.32 Å². The summed E-state index contributed by atoms with van der Waals surface area (Å²) in [4.78, 5) is 16.4. The minimum atomic E-state index is -0.550. The Bertz CT molecular complexity index is 452. The SMILES string of the molecule is O=C(Nc1cccc(Br)c1)ON=C1CCCCC1. The number of oxime groups is 1. The summed E-state index contributed by atoms with van der Waals surface area (Å²) in [5.41, 5.74) is 1.66. The van der Waals surface area contributed by atoms with Gasteiger partial charge in [0.1, 0.15) is 0 Å². The smallest absolute Gasteiger partial charge is 0.298 e. The molecule has 0 aromatic heterocycles. The number of rotatable bonds is 2. The van der Waals surface area contributed by atoms with Crippen molar-refractivity contribution < 1.29 is 9.63 Å². The molecule has 96 valence electrons. The highest BCUT2D eigenvalue weighted by molar-refractivity contribution is 9.10. The first-order valence-corrected chi connectivity index (χ1v) is 6.82. The number of carbonyl (C=O) groups excluding carboxylic acids is 1. The van der Waals surface area contributed by atoms with E-state index >= 15 is 0 Å². The fourth-order valence-corrected chi connectivity index (χ4v) is 2.26. The Hall–Kier alpha value is -1.36. The van der Waals surface area contributed by atoms with Crippen LogP contribution >= 0.6 is 15.9 Å². The summed E-state index contributed by atoms with van der Waals surface area (Å²) >= 11 is 3.33. The summed E-state index contributed by atoms with van der Waals surface area (Å²) in [6, 6.07) is 7.32. The summed E-state index contributed by atoms with van der Waals surface area (Å²) < 4.78 is 0.902. The highest BCUT2D eigenvalue weighted by atomic mass is 79.9. The normalized spacial score (nSPS) is 15.1. The Labute approximate surface area is 115 Å². The van der Waals surface area contributed by atoms with Crippen LogP contribution in [0, 0.1) is 0 Å². The van der Waals surface area contributed by atoms with Gasteiger partial charge in [-0.25, -0.2) is 4.79 Å². The first-order valence-electron chi connectivity index (χ1n) is 6.03. The minimum Gasteiger partial charge on any atom is -0.298 e. The van der Waals surface area contributed by atoms with E-state index in [4.69, 9.17) is 4.84 Å². The summed E-state index contributed by atoms with van der Waals surface area (Å²) in [5.74, 6) is 0. The number of halogens is 1. The first kappa shape index (κ1) is 13.1. The van der Waals surface area contributed by atoms with Crippen molar-refractivity contribution in [2.75, 3.05) is 5.32 Å². The van der Waals surface area contributed by atoms with Crippen molar-refractivity contribution in [1.82, 2.24) is 0 Å². The van der Waals surface area contributed by atoms with Crippen molar-refractivity contribution >= 4 is 33.4 Å². The lowest BCUT2D eigenvalue weighted by atomic mass is 9.99. The van der Waals surface area contributed by atoms with Crippen molar-refractivity contribution in [3.63, 3.8) is 0 Å². The van der Waals surface area contributed by atoms with Crippen LogP contribution in [0.4, 0.5) is 10.5 Å². The molecule has 0 bridgehead atoms. The molecule has 0 atom stereocenters. The van der Waals surface area contributed by atoms with Crippen LogP contribution in [-0.4, -0.2) is 11.8 Å². The van der Waals surface area contributed by atoms with Gasteiger partial charge >= 0.3 is 6.09 Å². The number of hydrogen-bond donors (Lipinski definition) is 1. The first-order chi connectivity index (χ1) is 8.74. The molecule has 0 radical (unpaired) electrons. The van der Waals surface area contributed by atoms with Gasteiger partial charge in [0, 0.05) is 10.2 Å². The Morgan fingerprint density at radius 3 is 2.78 bits per heavy atom. The largest absolute Gasteiger partial charge is 0.437 e. The molecule has 1 saturated carbocycles. The zero-order valence-corrected chi connectivity index (χ0v) is 11.6. The molecule has 0 aliphatic heterocycles. The molecule has 4 nitrogen and oxygen atoms in total. The van der Waals surface area contributed by atoms with Gasteiger partial charge in [0.25, 0.3) is 0 Å². The third kappa shape index (κ3) is 4.14. The Balaban J connectivity index is 1.85. The van der Waals surface area contributed by atoms with Gasteiger partial charge < -0.3 is 0 Å². The molecule has 1 amide bonds. The van der Waals surface area contributed by atoms with Crippen LogP contribution in [0.5, 0.6) is 0 Å². The van der Waals surface area contributed by atoms with Crippen LogP contribution in [0.3, 0.4) is 0 Å². The van der Waals surface area contributed by atoms with Crippen molar-refractivity contribution in [3.8, 4) is 0 Å². The number of carbonyl (C=O) groups is 1. The maximum absolute atomic E-state index is 11.5. The van der Waals surface area contributed by atoms with E-state index in [2.05, 4.69) is 26.4 Å². The molecule has 1 fully saturated rings. The molecule has 0 spiro atoms. The maximum atomic E-state index is 11.5. The molecule has 18 heavy (non-hydrogen) atoms. The lowest BCUT2D eigenvalue weighted by molar-refractivity contribution is 0.165. The van der Waals surface area contributed by atoms with Crippen molar-refractivity contribution in [2.24, 2.45) is 5.16 Å². The number of amides is 1. The van der Waals surface area contributed by atoms with Gasteiger partial charge in [-0.15, -0.1) is 0 Å². The van der Waals surface area contributed by atoms with Crippen molar-refractivity contribution in [1.29, 1.82) is 0 Å². The van der Waals surface area contributed by atoms with E-state index < -0.39 is 6.09 Å². The second kappa shape index (κ2) is 6.54. The zero-order valence-electron chi connectivity index (χ0n) is 9.99. The molecule has 1 N–H and O–H groups in total. The van der Waals surface area contributed by atoms with Crippen molar-refractivity contribution in [3.05, 3.63) is 28.7 Å². The molecule has 1 aliphatic rings. The van der Waals surface area contributed by atoms with Gasteiger partial charge in [-0.1, -0.05) is 33.6 Å². The lowest BCUT2D eigenvalue weighted by Crippen LogP contribution is -2.13. The van der Waals surface area contributed by atoms with Gasteiger partial charge in [-0.3, -0.25) is 10.2 Å². The topological polar surface area (TPSA) is 50.7 Å². The Kier molecular flexibility index (Phi) is 4.75. The third-order valence-electron chi connectivity index (χ3n) is 2.76. The average molecular weight is 311 g/mol. The monoisotopic (exact) mass is 310 g/mol. The number of anilines is 1. The minimum absolute atomic E-state index is 0.550. The Morgan fingerprint density at radius 2 is 2.06 bits per heavy atom. The second-order valence-corrected chi connectivity index (χ2v) is 5.15. The standard InChI is InChI=1S/C13H15BrN2O2/c14-10-5-4-8-12(9-10)15-13(17)18-16-11-6-2-1-3-7-11/h4-5,8-9H,1-3,6-7H2,(H,15,17).